The fraction of sp³-hybridized carbons (Fsp3) is 0.200. The average Bonchev–Trinajstić information content (AvgIpc) is 2.87. The molecule has 25 heavy (non-hydrogen) atoms. The molecule has 0 amide bonds. The molecule has 3 rings (SSSR count). The van der Waals surface area contributed by atoms with E-state index in [1.165, 1.54) is 35.8 Å². The largest absolute Gasteiger partial charge is 0.276 e. The molecule has 1 N–H and O–H groups in total. The van der Waals surface area contributed by atoms with Crippen LogP contribution in [0, 0.1) is 30.9 Å². The first kappa shape index (κ1) is 16.8. The highest BCUT2D eigenvalue weighted by Crippen LogP contribution is 2.29. The minimum atomic E-state index is -4.04. The molecule has 3 aromatic rings. The summed E-state index contributed by atoms with van der Waals surface area (Å²) in [6.45, 7) is 4.74. The van der Waals surface area contributed by atoms with Gasteiger partial charge in [0.15, 0.2) is 5.65 Å². The third-order valence-corrected chi connectivity index (χ3v) is 5.27. The van der Waals surface area contributed by atoms with Gasteiger partial charge in [-0.1, -0.05) is 6.07 Å². The van der Waals surface area contributed by atoms with Crippen molar-refractivity contribution in [1.82, 2.24) is 14.6 Å². The molecule has 0 saturated carbocycles. The Labute approximate surface area is 143 Å². The highest BCUT2D eigenvalue weighted by atomic mass is 32.2. The number of benzene rings is 1. The first-order chi connectivity index (χ1) is 11.7. The van der Waals surface area contributed by atoms with Crippen molar-refractivity contribution in [1.29, 1.82) is 0 Å². The predicted molar refractivity (Wildman–Crippen MR) is 91.1 cm³/mol. The Hall–Kier alpha value is -3.01. The lowest BCUT2D eigenvalue weighted by Gasteiger charge is -2.12. The summed E-state index contributed by atoms with van der Waals surface area (Å²) in [5, 5.41) is 15.4. The van der Waals surface area contributed by atoms with E-state index in [0.717, 1.165) is 0 Å². The predicted octanol–water partition coefficient (Wildman–Crippen LogP) is 2.36. The topological polar surface area (TPSA) is 120 Å². The van der Waals surface area contributed by atoms with E-state index < -0.39 is 14.9 Å². The van der Waals surface area contributed by atoms with Crippen LogP contribution in [0.4, 0.5) is 11.5 Å². The number of aromatic nitrogens is 3. The zero-order valence-corrected chi connectivity index (χ0v) is 14.5. The van der Waals surface area contributed by atoms with Crippen molar-refractivity contribution >= 4 is 27.2 Å². The Morgan fingerprint density at radius 2 is 1.92 bits per heavy atom. The van der Waals surface area contributed by atoms with Crippen molar-refractivity contribution in [3.63, 3.8) is 0 Å². The molecule has 130 valence electrons. The molecule has 1 aromatic carbocycles. The van der Waals surface area contributed by atoms with Crippen molar-refractivity contribution < 1.29 is 13.3 Å². The van der Waals surface area contributed by atoms with Crippen LogP contribution in [0.1, 0.15) is 16.8 Å². The number of nitrogens with zero attached hydrogens (tertiary/aromatic N) is 4. The molecule has 0 aliphatic rings. The molecule has 0 saturated heterocycles. The van der Waals surface area contributed by atoms with Gasteiger partial charge in [-0.25, -0.2) is 13.4 Å². The minimum absolute atomic E-state index is 0.0828. The van der Waals surface area contributed by atoms with Crippen LogP contribution in [0.15, 0.2) is 35.4 Å². The van der Waals surface area contributed by atoms with E-state index in [1.54, 1.807) is 19.9 Å². The third-order valence-electron chi connectivity index (χ3n) is 3.77. The molecule has 0 atom stereocenters. The van der Waals surface area contributed by atoms with Crippen LogP contribution in [0.2, 0.25) is 0 Å². The van der Waals surface area contributed by atoms with Gasteiger partial charge in [-0.3, -0.25) is 14.8 Å². The number of fused-ring (bicyclic) bond motifs is 1. The van der Waals surface area contributed by atoms with Crippen molar-refractivity contribution in [2.45, 2.75) is 25.7 Å². The summed E-state index contributed by atoms with van der Waals surface area (Å²) in [5.74, 6) is 0.195. The fourth-order valence-corrected chi connectivity index (χ4v) is 3.96. The number of nitro benzene ring substituents is 1. The van der Waals surface area contributed by atoms with E-state index in [-0.39, 0.29) is 22.0 Å². The zero-order valence-electron chi connectivity index (χ0n) is 13.7. The molecule has 0 bridgehead atoms. The molecular formula is C15H15N5O4S. The van der Waals surface area contributed by atoms with Crippen molar-refractivity contribution in [3.8, 4) is 0 Å². The Kier molecular flexibility index (Phi) is 3.91. The molecule has 0 unspecified atom stereocenters. The first-order valence-electron chi connectivity index (χ1n) is 7.29. The number of nitrogens with one attached hydrogen (secondary N) is 1. The normalized spacial score (nSPS) is 11.6. The summed E-state index contributed by atoms with van der Waals surface area (Å²) in [6, 6.07) is 5.95. The van der Waals surface area contributed by atoms with E-state index >= 15 is 0 Å². The monoisotopic (exact) mass is 361 g/mol. The zero-order chi connectivity index (χ0) is 18.4. The fourth-order valence-electron chi connectivity index (χ4n) is 2.67. The minimum Gasteiger partial charge on any atom is -0.263 e. The molecule has 2 heterocycles. The van der Waals surface area contributed by atoms with E-state index in [4.69, 9.17) is 0 Å². The molecule has 9 nitrogen and oxygen atoms in total. The van der Waals surface area contributed by atoms with Crippen molar-refractivity contribution in [2.24, 2.45) is 0 Å². The molecule has 0 aliphatic carbocycles. The number of rotatable bonds is 4. The van der Waals surface area contributed by atoms with Gasteiger partial charge in [-0.2, -0.15) is 9.61 Å². The summed E-state index contributed by atoms with van der Waals surface area (Å²) in [7, 11) is -4.04. The van der Waals surface area contributed by atoms with Crippen LogP contribution >= 0.6 is 0 Å². The lowest BCUT2D eigenvalue weighted by Crippen LogP contribution is -2.17. The summed E-state index contributed by atoms with van der Waals surface area (Å²) in [6.07, 6.45) is 1.46. The highest BCUT2D eigenvalue weighted by Gasteiger charge is 2.25. The van der Waals surface area contributed by atoms with E-state index in [1.807, 2.05) is 0 Å². The van der Waals surface area contributed by atoms with Crippen LogP contribution in [0.25, 0.3) is 5.65 Å². The van der Waals surface area contributed by atoms with Gasteiger partial charge < -0.3 is 0 Å². The van der Waals surface area contributed by atoms with Gasteiger partial charge in [-0.05, 0) is 32.9 Å². The van der Waals surface area contributed by atoms with Gasteiger partial charge in [0.2, 0.25) is 0 Å². The second-order valence-corrected chi connectivity index (χ2v) is 7.25. The Balaban J connectivity index is 2.11. The molecule has 0 aliphatic heterocycles. The van der Waals surface area contributed by atoms with E-state index in [9.17, 15) is 18.5 Å². The maximum absolute atomic E-state index is 12.8. The standard InChI is InChI=1S/C15H15N5O4S/c1-9-4-5-12(11(3)15(9)20(21)22)25(23,24)18-13-6-7-16-14-8-10(2)17-19(13)14/h4-8,18H,1-3H3. The third kappa shape index (κ3) is 2.91. The molecule has 2 aromatic heterocycles. The summed E-state index contributed by atoms with van der Waals surface area (Å²) in [4.78, 5) is 14.6. The molecular weight excluding hydrogens is 346 g/mol. The second kappa shape index (κ2) is 5.81. The SMILES string of the molecule is Cc1cc2nccc(NS(=O)(=O)c3ccc(C)c([N+](=O)[O-])c3C)n2n1. The maximum atomic E-state index is 12.8. The van der Waals surface area contributed by atoms with Gasteiger partial charge in [-0.15, -0.1) is 0 Å². The Morgan fingerprint density at radius 1 is 1.20 bits per heavy atom. The molecule has 0 fully saturated rings. The Bertz CT molecular complexity index is 1100. The molecule has 10 heteroatoms. The highest BCUT2D eigenvalue weighted by molar-refractivity contribution is 7.92. The number of aryl methyl sites for hydroxylation is 2. The van der Waals surface area contributed by atoms with E-state index in [0.29, 0.717) is 16.9 Å². The quantitative estimate of drug-likeness (QED) is 0.563. The molecule has 0 spiro atoms. The number of sulfonamides is 1. The van der Waals surface area contributed by atoms with Gasteiger partial charge in [0.25, 0.3) is 15.7 Å². The summed E-state index contributed by atoms with van der Waals surface area (Å²) >= 11 is 0. The Morgan fingerprint density at radius 3 is 2.60 bits per heavy atom. The lowest BCUT2D eigenvalue weighted by molar-refractivity contribution is -0.386. The molecule has 0 radical (unpaired) electrons. The van der Waals surface area contributed by atoms with Gasteiger partial charge in [0.1, 0.15) is 5.82 Å². The van der Waals surface area contributed by atoms with E-state index in [2.05, 4.69) is 14.8 Å². The van der Waals surface area contributed by atoms with Gasteiger partial charge in [0.05, 0.1) is 15.5 Å². The summed E-state index contributed by atoms with van der Waals surface area (Å²) < 4.78 is 29.3. The smallest absolute Gasteiger partial charge is 0.263 e. The number of anilines is 1. The van der Waals surface area contributed by atoms with Crippen LogP contribution in [-0.4, -0.2) is 27.9 Å². The van der Waals surface area contributed by atoms with Crippen LogP contribution in [0.3, 0.4) is 0 Å². The summed E-state index contributed by atoms with van der Waals surface area (Å²) in [5.41, 5.74) is 1.44. The van der Waals surface area contributed by atoms with Crippen LogP contribution in [-0.2, 0) is 10.0 Å². The first-order valence-corrected chi connectivity index (χ1v) is 8.78. The average molecular weight is 361 g/mol. The van der Waals surface area contributed by atoms with Crippen molar-refractivity contribution in [3.05, 3.63) is 57.4 Å². The van der Waals surface area contributed by atoms with Gasteiger partial charge in [0, 0.05) is 23.4 Å². The van der Waals surface area contributed by atoms with Crippen LogP contribution in [0.5, 0.6) is 0 Å². The van der Waals surface area contributed by atoms with Crippen LogP contribution < -0.4 is 4.72 Å². The number of nitro groups is 1. The van der Waals surface area contributed by atoms with Crippen molar-refractivity contribution in [2.75, 3.05) is 4.72 Å². The number of hydrogen-bond acceptors (Lipinski definition) is 6. The van der Waals surface area contributed by atoms with Gasteiger partial charge >= 0.3 is 0 Å². The maximum Gasteiger partial charge on any atom is 0.276 e. The second-order valence-electron chi connectivity index (χ2n) is 5.60. The lowest BCUT2D eigenvalue weighted by atomic mass is 10.1. The number of hydrogen-bond donors (Lipinski definition) is 1.